The van der Waals surface area contributed by atoms with Crippen molar-refractivity contribution in [3.05, 3.63) is 89.5 Å². The van der Waals surface area contributed by atoms with Crippen molar-refractivity contribution in [2.24, 2.45) is 0 Å². The minimum Gasteiger partial charge on any atom is -0.494 e. The zero-order chi connectivity index (χ0) is 24.1. The molecule has 0 radical (unpaired) electrons. The van der Waals surface area contributed by atoms with Crippen LogP contribution in [-0.4, -0.2) is 27.5 Å². The molecule has 3 aromatic carbocycles. The van der Waals surface area contributed by atoms with Crippen LogP contribution in [0.2, 0.25) is 0 Å². The molecule has 1 aliphatic carbocycles. The number of hydrogen-bond acceptors (Lipinski definition) is 4. The van der Waals surface area contributed by atoms with Gasteiger partial charge in [-0.1, -0.05) is 36.4 Å². The molecule has 1 aliphatic rings. The summed E-state index contributed by atoms with van der Waals surface area (Å²) in [6.45, 7) is 3.98. The first kappa shape index (κ1) is 23.8. The van der Waals surface area contributed by atoms with Gasteiger partial charge >= 0.3 is 0 Å². The lowest BCUT2D eigenvalue weighted by Crippen LogP contribution is -2.41. The number of carbonyl (C=O) groups excluding carboxylic acids is 1. The van der Waals surface area contributed by atoms with E-state index in [1.165, 1.54) is 23.3 Å². The van der Waals surface area contributed by atoms with Crippen LogP contribution in [0.3, 0.4) is 0 Å². The largest absolute Gasteiger partial charge is 0.494 e. The van der Waals surface area contributed by atoms with Crippen LogP contribution in [0.25, 0.3) is 0 Å². The van der Waals surface area contributed by atoms with E-state index in [1.807, 2.05) is 19.9 Å². The third-order valence-corrected chi connectivity index (χ3v) is 7.84. The number of rotatable bonds is 9. The Morgan fingerprint density at radius 3 is 2.41 bits per heavy atom. The van der Waals surface area contributed by atoms with E-state index in [-0.39, 0.29) is 23.4 Å². The third kappa shape index (κ3) is 5.25. The Kier molecular flexibility index (Phi) is 7.22. The van der Waals surface area contributed by atoms with E-state index in [4.69, 9.17) is 4.74 Å². The summed E-state index contributed by atoms with van der Waals surface area (Å²) in [6, 6.07) is 21.0. The van der Waals surface area contributed by atoms with E-state index < -0.39 is 10.0 Å². The Morgan fingerprint density at radius 2 is 1.71 bits per heavy atom. The Morgan fingerprint density at radius 1 is 1.00 bits per heavy atom. The first-order valence-electron chi connectivity index (χ1n) is 11.6. The van der Waals surface area contributed by atoms with Crippen molar-refractivity contribution in [2.45, 2.75) is 44.0 Å². The molecule has 1 N–H and O–H groups in total. The van der Waals surface area contributed by atoms with Crippen molar-refractivity contribution in [1.29, 1.82) is 0 Å². The topological polar surface area (TPSA) is 75.7 Å². The van der Waals surface area contributed by atoms with Gasteiger partial charge in [0.2, 0.25) is 5.91 Å². The summed E-state index contributed by atoms with van der Waals surface area (Å²) >= 11 is 0. The van der Waals surface area contributed by atoms with Crippen LogP contribution in [0, 0.1) is 0 Å². The van der Waals surface area contributed by atoms with Crippen molar-refractivity contribution >= 4 is 21.6 Å². The molecule has 7 heteroatoms. The van der Waals surface area contributed by atoms with Gasteiger partial charge in [-0.25, -0.2) is 8.42 Å². The molecule has 0 bridgehead atoms. The first-order valence-corrected chi connectivity index (χ1v) is 13.0. The predicted octanol–water partition coefficient (Wildman–Crippen LogP) is 4.65. The summed E-state index contributed by atoms with van der Waals surface area (Å²) in [5, 5.41) is 2.97. The second-order valence-corrected chi connectivity index (χ2v) is 10.3. The Balaban J connectivity index is 1.56. The standard InChI is InChI=1S/C27H30N2O4S/c1-3-33-25-16-14-24(15-17-25)29(34(31,32)26-10-5-4-6-11-26)19-27(30)28-20(2)22-13-12-21-8-7-9-23(21)18-22/h4-6,10-18,20H,3,7-9,19H2,1-2H3,(H,28,30)/t20-/m1/s1. The van der Waals surface area contributed by atoms with Crippen molar-refractivity contribution in [3.8, 4) is 5.75 Å². The fraction of sp³-hybridized carbons (Fsp3) is 0.296. The van der Waals surface area contributed by atoms with E-state index in [0.29, 0.717) is 18.0 Å². The van der Waals surface area contributed by atoms with Crippen molar-refractivity contribution in [3.63, 3.8) is 0 Å². The minimum atomic E-state index is -3.95. The second kappa shape index (κ2) is 10.3. The lowest BCUT2D eigenvalue weighted by Gasteiger charge is -2.25. The Hall–Kier alpha value is -3.32. The number of ether oxygens (including phenoxy) is 1. The summed E-state index contributed by atoms with van der Waals surface area (Å²) < 4.78 is 33.6. The highest BCUT2D eigenvalue weighted by atomic mass is 32.2. The summed E-state index contributed by atoms with van der Waals surface area (Å²) in [6.07, 6.45) is 3.32. The van der Waals surface area contributed by atoms with E-state index in [9.17, 15) is 13.2 Å². The number of nitrogens with zero attached hydrogens (tertiary/aromatic N) is 1. The van der Waals surface area contributed by atoms with Crippen molar-refractivity contribution in [2.75, 3.05) is 17.5 Å². The second-order valence-electron chi connectivity index (χ2n) is 8.42. The number of fused-ring (bicyclic) bond motifs is 1. The van der Waals surface area contributed by atoms with E-state index in [2.05, 4.69) is 17.4 Å². The molecule has 1 atom stereocenters. The lowest BCUT2D eigenvalue weighted by molar-refractivity contribution is -0.120. The van der Waals surface area contributed by atoms with E-state index in [1.54, 1.807) is 42.5 Å². The lowest BCUT2D eigenvalue weighted by atomic mass is 10.0. The molecule has 0 heterocycles. The molecule has 0 saturated carbocycles. The first-order chi connectivity index (χ1) is 16.4. The van der Waals surface area contributed by atoms with Gasteiger partial charge in [-0.2, -0.15) is 0 Å². The van der Waals surface area contributed by atoms with Gasteiger partial charge in [0.25, 0.3) is 10.0 Å². The number of sulfonamides is 1. The highest BCUT2D eigenvalue weighted by molar-refractivity contribution is 7.92. The number of amides is 1. The molecule has 0 saturated heterocycles. The normalized spacial score (nSPS) is 13.7. The van der Waals surface area contributed by atoms with Crippen molar-refractivity contribution in [1.82, 2.24) is 5.32 Å². The third-order valence-electron chi connectivity index (χ3n) is 6.05. The molecule has 0 aliphatic heterocycles. The summed E-state index contributed by atoms with van der Waals surface area (Å²) in [5.74, 6) is 0.263. The van der Waals surface area contributed by atoms with Crippen LogP contribution in [0.5, 0.6) is 5.75 Å². The van der Waals surface area contributed by atoms with Gasteiger partial charge < -0.3 is 10.1 Å². The minimum absolute atomic E-state index is 0.128. The maximum absolute atomic E-state index is 13.5. The van der Waals surface area contributed by atoms with Gasteiger partial charge in [0.15, 0.2) is 0 Å². The SMILES string of the molecule is CCOc1ccc(N(CC(=O)N[C@H](C)c2ccc3c(c2)CCC3)S(=O)(=O)c2ccccc2)cc1. The summed E-state index contributed by atoms with van der Waals surface area (Å²) in [4.78, 5) is 13.2. The molecule has 178 valence electrons. The average molecular weight is 479 g/mol. The van der Waals surface area contributed by atoms with Gasteiger partial charge in [0, 0.05) is 0 Å². The molecular weight excluding hydrogens is 448 g/mol. The number of benzene rings is 3. The molecule has 0 aromatic heterocycles. The van der Waals surface area contributed by atoms with Crippen LogP contribution in [-0.2, 0) is 27.7 Å². The molecule has 34 heavy (non-hydrogen) atoms. The molecule has 0 spiro atoms. The zero-order valence-corrected chi connectivity index (χ0v) is 20.3. The molecule has 6 nitrogen and oxygen atoms in total. The van der Waals surface area contributed by atoms with Crippen LogP contribution in [0.4, 0.5) is 5.69 Å². The van der Waals surface area contributed by atoms with Gasteiger partial charge in [0.1, 0.15) is 12.3 Å². The maximum Gasteiger partial charge on any atom is 0.264 e. The van der Waals surface area contributed by atoms with E-state index >= 15 is 0 Å². The van der Waals surface area contributed by atoms with E-state index in [0.717, 1.165) is 29.1 Å². The molecule has 1 amide bonds. The zero-order valence-electron chi connectivity index (χ0n) is 19.5. The Bertz CT molecular complexity index is 1240. The maximum atomic E-state index is 13.5. The molecule has 0 unspecified atom stereocenters. The number of nitrogens with one attached hydrogen (secondary N) is 1. The number of carbonyl (C=O) groups is 1. The molecule has 4 rings (SSSR count). The number of anilines is 1. The van der Waals surface area contributed by atoms with Gasteiger partial charge in [-0.05, 0) is 86.2 Å². The molecular formula is C27H30N2O4S. The summed E-state index contributed by atoms with van der Waals surface area (Å²) in [7, 11) is -3.95. The van der Waals surface area contributed by atoms with Crippen LogP contribution in [0.1, 0.15) is 43.0 Å². The fourth-order valence-electron chi connectivity index (χ4n) is 4.27. The number of hydrogen-bond donors (Lipinski definition) is 1. The van der Waals surface area contributed by atoms with Gasteiger partial charge in [0.05, 0.1) is 23.2 Å². The highest BCUT2D eigenvalue weighted by Crippen LogP contribution is 2.27. The molecule has 3 aromatic rings. The van der Waals surface area contributed by atoms with Crippen molar-refractivity contribution < 1.29 is 17.9 Å². The Labute approximate surface area is 201 Å². The summed E-state index contributed by atoms with van der Waals surface area (Å²) in [5.41, 5.74) is 4.12. The van der Waals surface area contributed by atoms with Crippen LogP contribution in [0.15, 0.2) is 77.7 Å². The quantitative estimate of drug-likeness (QED) is 0.486. The predicted molar refractivity (Wildman–Crippen MR) is 134 cm³/mol. The highest BCUT2D eigenvalue weighted by Gasteiger charge is 2.28. The van der Waals surface area contributed by atoms with Gasteiger partial charge in [-0.15, -0.1) is 0 Å². The number of aryl methyl sites for hydroxylation is 2. The van der Waals surface area contributed by atoms with Crippen LogP contribution < -0.4 is 14.4 Å². The average Bonchev–Trinajstić information content (AvgIpc) is 3.32. The molecule has 0 fully saturated rings. The fourth-order valence-corrected chi connectivity index (χ4v) is 5.71. The van der Waals surface area contributed by atoms with Crippen LogP contribution >= 0.6 is 0 Å². The van der Waals surface area contributed by atoms with Gasteiger partial charge in [-0.3, -0.25) is 9.10 Å². The smallest absolute Gasteiger partial charge is 0.264 e. The monoisotopic (exact) mass is 478 g/mol.